The van der Waals surface area contributed by atoms with Crippen molar-refractivity contribution in [3.05, 3.63) is 89.4 Å². The zero-order chi connectivity index (χ0) is 29.0. The van der Waals surface area contributed by atoms with Crippen LogP contribution < -0.4 is 15.0 Å². The predicted molar refractivity (Wildman–Crippen MR) is 157 cm³/mol. The minimum atomic E-state index is -3.74. The highest BCUT2D eigenvalue weighted by atomic mass is 35.5. The van der Waals surface area contributed by atoms with Gasteiger partial charge in [0.15, 0.2) is 0 Å². The van der Waals surface area contributed by atoms with Crippen LogP contribution in [0.5, 0.6) is 5.75 Å². The van der Waals surface area contributed by atoms with Crippen LogP contribution in [0.2, 0.25) is 5.02 Å². The zero-order valence-electron chi connectivity index (χ0n) is 22.8. The summed E-state index contributed by atoms with van der Waals surface area (Å²) in [5, 5.41) is 3.38. The van der Waals surface area contributed by atoms with Gasteiger partial charge in [-0.2, -0.15) is 4.31 Å². The fourth-order valence-electron chi connectivity index (χ4n) is 5.65. The van der Waals surface area contributed by atoms with Crippen molar-refractivity contribution < 1.29 is 22.7 Å². The lowest BCUT2D eigenvalue weighted by molar-refractivity contribution is -0.137. The fraction of sp³-hybridized carbons (Fsp3) is 0.333. The number of halogens is 1. The summed E-state index contributed by atoms with van der Waals surface area (Å²) in [6, 6.07) is 23.3. The summed E-state index contributed by atoms with van der Waals surface area (Å²) in [4.78, 5) is 30.6. The normalized spacial score (nSPS) is 17.2. The van der Waals surface area contributed by atoms with E-state index in [1.165, 1.54) is 16.4 Å². The van der Waals surface area contributed by atoms with Crippen LogP contribution in [0.3, 0.4) is 0 Å². The largest absolute Gasteiger partial charge is 0.496 e. The highest BCUT2D eigenvalue weighted by Crippen LogP contribution is 2.40. The fourth-order valence-corrected chi connectivity index (χ4v) is 7.22. The molecule has 2 amide bonds. The molecular formula is C30H33ClN4O5S. The summed E-state index contributed by atoms with van der Waals surface area (Å²) in [6.07, 6.45) is 1.21. The Morgan fingerprint density at radius 2 is 1.63 bits per heavy atom. The van der Waals surface area contributed by atoms with Crippen molar-refractivity contribution >= 4 is 39.1 Å². The molecular weight excluding hydrogens is 564 g/mol. The van der Waals surface area contributed by atoms with Crippen LogP contribution in [-0.2, 0) is 26.0 Å². The van der Waals surface area contributed by atoms with Gasteiger partial charge >= 0.3 is 0 Å². The number of amides is 2. The molecule has 41 heavy (non-hydrogen) atoms. The van der Waals surface area contributed by atoms with Crippen molar-refractivity contribution in [3.63, 3.8) is 0 Å². The third-order valence-corrected chi connectivity index (χ3v) is 9.99. The van der Waals surface area contributed by atoms with Gasteiger partial charge in [0.05, 0.1) is 18.7 Å². The van der Waals surface area contributed by atoms with E-state index in [-0.39, 0.29) is 43.0 Å². The van der Waals surface area contributed by atoms with Gasteiger partial charge in [-0.25, -0.2) is 8.42 Å². The first-order chi connectivity index (χ1) is 19.7. The number of hydrogen-bond acceptors (Lipinski definition) is 6. The number of sulfonamides is 1. The molecule has 0 unspecified atom stereocenters. The smallest absolute Gasteiger partial charge is 0.250 e. The molecule has 3 aromatic rings. The van der Waals surface area contributed by atoms with E-state index in [0.29, 0.717) is 30.8 Å². The number of methoxy groups -OCH3 is 1. The van der Waals surface area contributed by atoms with Crippen LogP contribution >= 0.6 is 11.6 Å². The molecule has 1 spiro atoms. The van der Waals surface area contributed by atoms with Crippen LogP contribution in [0.1, 0.15) is 18.4 Å². The maximum atomic E-state index is 13.9. The summed E-state index contributed by atoms with van der Waals surface area (Å²) in [7, 11) is -2.12. The topological polar surface area (TPSA) is 99.3 Å². The number of para-hydroxylation sites is 2. The Bertz CT molecular complexity index is 1490. The van der Waals surface area contributed by atoms with Gasteiger partial charge in [0, 0.05) is 30.3 Å². The van der Waals surface area contributed by atoms with E-state index in [1.807, 2.05) is 59.5 Å². The van der Waals surface area contributed by atoms with Crippen LogP contribution in [0.4, 0.5) is 5.69 Å². The second-order valence-electron chi connectivity index (χ2n) is 10.2. The Balaban J connectivity index is 1.28. The molecule has 0 bridgehead atoms. The Morgan fingerprint density at radius 3 is 2.32 bits per heavy atom. The van der Waals surface area contributed by atoms with Crippen LogP contribution in [-0.4, -0.2) is 74.9 Å². The maximum Gasteiger partial charge on any atom is 0.250 e. The molecule has 9 nitrogen and oxygen atoms in total. The Labute approximate surface area is 245 Å². The molecule has 216 valence electrons. The first-order valence-corrected chi connectivity index (χ1v) is 15.3. The first-order valence-electron chi connectivity index (χ1n) is 13.5. The van der Waals surface area contributed by atoms with Crippen molar-refractivity contribution in [2.75, 3.05) is 44.9 Å². The number of hydrogen-bond donors (Lipinski definition) is 1. The first kappa shape index (κ1) is 28.9. The van der Waals surface area contributed by atoms with E-state index in [1.54, 1.807) is 24.1 Å². The Morgan fingerprint density at radius 1 is 0.976 bits per heavy atom. The van der Waals surface area contributed by atoms with Gasteiger partial charge in [0.25, 0.3) is 0 Å². The van der Waals surface area contributed by atoms with Crippen LogP contribution in [0.15, 0.2) is 83.8 Å². The molecule has 2 aliphatic rings. The number of nitrogens with one attached hydrogen (secondary N) is 1. The van der Waals surface area contributed by atoms with E-state index in [4.69, 9.17) is 16.3 Å². The number of anilines is 1. The van der Waals surface area contributed by atoms with E-state index in [9.17, 15) is 18.0 Å². The molecule has 2 saturated heterocycles. The molecule has 0 aromatic heterocycles. The van der Waals surface area contributed by atoms with Gasteiger partial charge in [-0.15, -0.1) is 0 Å². The third kappa shape index (κ3) is 5.91. The Kier molecular flexibility index (Phi) is 8.53. The summed E-state index contributed by atoms with van der Waals surface area (Å²) < 4.78 is 33.4. The summed E-state index contributed by atoms with van der Waals surface area (Å²) in [5.74, 6) is 0.354. The maximum absolute atomic E-state index is 13.9. The summed E-state index contributed by atoms with van der Waals surface area (Å²) in [6.45, 7) is 0.930. The van der Waals surface area contributed by atoms with E-state index in [0.717, 1.165) is 17.0 Å². The SMILES string of the molecule is COc1ccccc1CCNC(=O)CN1CN(c2ccccc2)C2(CCN(S(=O)(=O)c3ccc(Cl)cc3)CC2)C1=O. The number of nitrogens with zero attached hydrogens (tertiary/aromatic N) is 3. The monoisotopic (exact) mass is 596 g/mol. The van der Waals surface area contributed by atoms with E-state index >= 15 is 0 Å². The van der Waals surface area contributed by atoms with Gasteiger partial charge in [0.2, 0.25) is 21.8 Å². The molecule has 11 heteroatoms. The second-order valence-corrected chi connectivity index (χ2v) is 12.6. The number of carbonyl (C=O) groups excluding carboxylic acids is 2. The molecule has 1 N–H and O–H groups in total. The lowest BCUT2D eigenvalue weighted by Crippen LogP contribution is -2.57. The van der Waals surface area contributed by atoms with Crippen molar-refractivity contribution in [1.29, 1.82) is 0 Å². The molecule has 2 aliphatic heterocycles. The second kappa shape index (κ2) is 12.1. The molecule has 2 heterocycles. The average Bonchev–Trinajstić information content (AvgIpc) is 3.24. The molecule has 5 rings (SSSR count). The van der Waals surface area contributed by atoms with Gasteiger partial charge in [-0.3, -0.25) is 9.59 Å². The van der Waals surface area contributed by atoms with Crippen molar-refractivity contribution in [3.8, 4) is 5.75 Å². The molecule has 0 aliphatic carbocycles. The van der Waals surface area contributed by atoms with Crippen molar-refractivity contribution in [1.82, 2.24) is 14.5 Å². The van der Waals surface area contributed by atoms with E-state index < -0.39 is 15.6 Å². The highest BCUT2D eigenvalue weighted by Gasteiger charge is 2.55. The van der Waals surface area contributed by atoms with Gasteiger partial charge in [-0.05, 0) is 67.3 Å². The quantitative estimate of drug-likeness (QED) is 0.406. The lowest BCUT2D eigenvalue weighted by atomic mass is 9.86. The number of rotatable bonds is 9. The molecule has 0 saturated carbocycles. The zero-order valence-corrected chi connectivity index (χ0v) is 24.4. The minimum Gasteiger partial charge on any atom is -0.496 e. The van der Waals surface area contributed by atoms with Gasteiger partial charge in [-0.1, -0.05) is 48.0 Å². The molecule has 0 atom stereocenters. The summed E-state index contributed by atoms with van der Waals surface area (Å²) in [5.41, 5.74) is 0.904. The summed E-state index contributed by atoms with van der Waals surface area (Å²) >= 11 is 5.95. The predicted octanol–water partition coefficient (Wildman–Crippen LogP) is 3.54. The van der Waals surface area contributed by atoms with Crippen molar-refractivity contribution in [2.45, 2.75) is 29.7 Å². The number of benzene rings is 3. The number of piperidine rings is 1. The number of carbonyl (C=O) groups is 2. The van der Waals surface area contributed by atoms with Crippen LogP contribution in [0.25, 0.3) is 0 Å². The lowest BCUT2D eigenvalue weighted by Gasteiger charge is -2.42. The van der Waals surface area contributed by atoms with Crippen molar-refractivity contribution in [2.24, 2.45) is 0 Å². The van der Waals surface area contributed by atoms with Crippen LogP contribution in [0, 0.1) is 0 Å². The molecule has 0 radical (unpaired) electrons. The standard InChI is InChI=1S/C30H33ClN4O5S/c1-40-27-10-6-5-7-23(27)15-18-32-28(36)21-33-22-35(25-8-3-2-4-9-25)30(29(33)37)16-19-34(20-17-30)41(38,39)26-13-11-24(31)12-14-26/h2-14H,15-22H2,1H3,(H,32,36). The Hall–Kier alpha value is -3.60. The minimum absolute atomic E-state index is 0.0807. The third-order valence-electron chi connectivity index (χ3n) is 7.83. The van der Waals surface area contributed by atoms with E-state index in [2.05, 4.69) is 5.32 Å². The van der Waals surface area contributed by atoms with Gasteiger partial charge < -0.3 is 19.9 Å². The molecule has 3 aromatic carbocycles. The number of ether oxygens (including phenoxy) is 1. The highest BCUT2D eigenvalue weighted by molar-refractivity contribution is 7.89. The average molecular weight is 597 g/mol. The van der Waals surface area contributed by atoms with Gasteiger partial charge in [0.1, 0.15) is 17.8 Å². The molecule has 2 fully saturated rings.